The Kier molecular flexibility index (Phi) is 7.32. The zero-order valence-corrected chi connectivity index (χ0v) is 16.5. The SMILES string of the molecule is COc1ccc(C(=O)C[C@H](C)C(=O)O[C@H](C)c2cccc(NC(C)=O)c2)cc1. The number of carbonyl (C=O) groups excluding carboxylic acids is 3. The van der Waals surface area contributed by atoms with Crippen LogP contribution >= 0.6 is 0 Å². The summed E-state index contributed by atoms with van der Waals surface area (Å²) in [6.45, 7) is 4.85. The van der Waals surface area contributed by atoms with E-state index in [1.54, 1.807) is 63.4 Å². The minimum Gasteiger partial charge on any atom is -0.497 e. The van der Waals surface area contributed by atoms with Crippen LogP contribution in [-0.4, -0.2) is 24.8 Å². The van der Waals surface area contributed by atoms with Crippen molar-refractivity contribution >= 4 is 23.3 Å². The molecule has 0 unspecified atom stereocenters. The molecule has 2 aromatic carbocycles. The molecule has 0 heterocycles. The van der Waals surface area contributed by atoms with Crippen LogP contribution in [0.2, 0.25) is 0 Å². The van der Waals surface area contributed by atoms with Crippen LogP contribution in [0.1, 0.15) is 49.2 Å². The number of carbonyl (C=O) groups is 3. The summed E-state index contributed by atoms with van der Waals surface area (Å²) >= 11 is 0. The van der Waals surface area contributed by atoms with Gasteiger partial charge in [0.2, 0.25) is 5.91 Å². The summed E-state index contributed by atoms with van der Waals surface area (Å²) in [4.78, 5) is 35.9. The maximum Gasteiger partial charge on any atom is 0.309 e. The third-order valence-corrected chi connectivity index (χ3v) is 4.28. The lowest BCUT2D eigenvalue weighted by molar-refractivity contribution is -0.153. The van der Waals surface area contributed by atoms with Gasteiger partial charge in [-0.05, 0) is 48.9 Å². The number of nitrogens with one attached hydrogen (secondary N) is 1. The predicted octanol–water partition coefficient (Wildman–Crippen LogP) is 4.17. The molecule has 0 radical (unpaired) electrons. The van der Waals surface area contributed by atoms with E-state index in [9.17, 15) is 14.4 Å². The van der Waals surface area contributed by atoms with Crippen LogP contribution in [-0.2, 0) is 14.3 Å². The Morgan fingerprint density at radius 1 is 1.04 bits per heavy atom. The first kappa shape index (κ1) is 21.2. The maximum atomic E-state index is 12.4. The number of amides is 1. The van der Waals surface area contributed by atoms with Crippen molar-refractivity contribution in [2.24, 2.45) is 5.92 Å². The van der Waals surface area contributed by atoms with Crippen LogP contribution in [0.15, 0.2) is 48.5 Å². The van der Waals surface area contributed by atoms with E-state index < -0.39 is 18.0 Å². The third kappa shape index (κ3) is 5.94. The Hall–Kier alpha value is -3.15. The first-order chi connectivity index (χ1) is 13.3. The third-order valence-electron chi connectivity index (χ3n) is 4.28. The lowest BCUT2D eigenvalue weighted by Gasteiger charge is -2.17. The Morgan fingerprint density at radius 2 is 1.71 bits per heavy atom. The average Bonchev–Trinajstić information content (AvgIpc) is 2.67. The summed E-state index contributed by atoms with van der Waals surface area (Å²) in [5.41, 5.74) is 1.92. The maximum absolute atomic E-state index is 12.4. The highest BCUT2D eigenvalue weighted by Gasteiger charge is 2.22. The Labute approximate surface area is 164 Å². The normalized spacial score (nSPS) is 12.6. The minimum absolute atomic E-state index is 0.0593. The lowest BCUT2D eigenvalue weighted by Crippen LogP contribution is -2.20. The Morgan fingerprint density at radius 3 is 2.32 bits per heavy atom. The van der Waals surface area contributed by atoms with E-state index in [1.807, 2.05) is 6.07 Å². The summed E-state index contributed by atoms with van der Waals surface area (Å²) in [7, 11) is 1.56. The van der Waals surface area contributed by atoms with Gasteiger partial charge in [0.05, 0.1) is 13.0 Å². The van der Waals surface area contributed by atoms with E-state index in [-0.39, 0.29) is 18.1 Å². The summed E-state index contributed by atoms with van der Waals surface area (Å²) in [6.07, 6.45) is -0.441. The van der Waals surface area contributed by atoms with E-state index in [4.69, 9.17) is 9.47 Å². The summed E-state index contributed by atoms with van der Waals surface area (Å²) in [5.74, 6) is -0.658. The van der Waals surface area contributed by atoms with E-state index >= 15 is 0 Å². The second kappa shape index (κ2) is 9.69. The van der Waals surface area contributed by atoms with Gasteiger partial charge in [-0.15, -0.1) is 0 Å². The van der Waals surface area contributed by atoms with Gasteiger partial charge in [-0.1, -0.05) is 19.1 Å². The van der Waals surface area contributed by atoms with Gasteiger partial charge in [0.25, 0.3) is 0 Å². The van der Waals surface area contributed by atoms with Crippen molar-refractivity contribution in [3.63, 3.8) is 0 Å². The van der Waals surface area contributed by atoms with Gasteiger partial charge in [-0.3, -0.25) is 14.4 Å². The van der Waals surface area contributed by atoms with Crippen molar-refractivity contribution in [1.82, 2.24) is 0 Å². The molecule has 0 aliphatic heterocycles. The molecule has 0 fully saturated rings. The number of hydrogen-bond acceptors (Lipinski definition) is 5. The average molecular weight is 383 g/mol. The van der Waals surface area contributed by atoms with E-state index in [0.717, 1.165) is 5.56 Å². The molecule has 6 nitrogen and oxygen atoms in total. The van der Waals surface area contributed by atoms with E-state index in [1.165, 1.54) is 6.92 Å². The molecule has 0 saturated heterocycles. The number of hydrogen-bond donors (Lipinski definition) is 1. The van der Waals surface area contributed by atoms with Crippen LogP contribution < -0.4 is 10.1 Å². The van der Waals surface area contributed by atoms with Crippen LogP contribution in [0.3, 0.4) is 0 Å². The number of methoxy groups -OCH3 is 1. The van der Waals surface area contributed by atoms with Crippen molar-refractivity contribution in [2.75, 3.05) is 12.4 Å². The number of anilines is 1. The standard InChI is InChI=1S/C22H25NO5/c1-14(12-21(25)17-8-10-20(27-4)11-9-17)22(26)28-15(2)18-6-5-7-19(13-18)23-16(3)24/h5-11,13-15H,12H2,1-4H3,(H,23,24)/t14-,15+/m0/s1. The van der Waals surface area contributed by atoms with Crippen molar-refractivity contribution in [2.45, 2.75) is 33.3 Å². The molecule has 0 spiro atoms. The largest absolute Gasteiger partial charge is 0.497 e. The van der Waals surface area contributed by atoms with Crippen molar-refractivity contribution < 1.29 is 23.9 Å². The molecule has 0 saturated carbocycles. The summed E-state index contributed by atoms with van der Waals surface area (Å²) in [6, 6.07) is 13.9. The molecule has 2 rings (SSSR count). The van der Waals surface area contributed by atoms with E-state index in [0.29, 0.717) is 17.0 Å². The monoisotopic (exact) mass is 383 g/mol. The van der Waals surface area contributed by atoms with Gasteiger partial charge in [0, 0.05) is 24.6 Å². The second-order valence-corrected chi connectivity index (χ2v) is 6.64. The minimum atomic E-state index is -0.574. The molecule has 6 heteroatoms. The molecule has 2 aromatic rings. The first-order valence-electron chi connectivity index (χ1n) is 9.05. The van der Waals surface area contributed by atoms with Gasteiger partial charge >= 0.3 is 5.97 Å². The molecule has 0 bridgehead atoms. The van der Waals surface area contributed by atoms with Crippen LogP contribution in [0, 0.1) is 5.92 Å². The number of benzene rings is 2. The Bertz CT molecular complexity index is 844. The van der Waals surface area contributed by atoms with E-state index in [2.05, 4.69) is 5.32 Å². The summed E-state index contributed by atoms with van der Waals surface area (Å²) in [5, 5.41) is 2.70. The fourth-order valence-corrected chi connectivity index (χ4v) is 2.69. The second-order valence-electron chi connectivity index (χ2n) is 6.64. The lowest BCUT2D eigenvalue weighted by atomic mass is 9.99. The van der Waals surface area contributed by atoms with Crippen LogP contribution in [0.25, 0.3) is 0 Å². The Balaban J connectivity index is 1.95. The highest BCUT2D eigenvalue weighted by Crippen LogP contribution is 2.23. The molecule has 0 aliphatic carbocycles. The molecule has 1 amide bonds. The topological polar surface area (TPSA) is 81.7 Å². The summed E-state index contributed by atoms with van der Waals surface area (Å²) < 4.78 is 10.6. The van der Waals surface area contributed by atoms with Crippen molar-refractivity contribution in [3.05, 3.63) is 59.7 Å². The zero-order valence-electron chi connectivity index (χ0n) is 16.5. The van der Waals surface area contributed by atoms with Crippen LogP contribution in [0.5, 0.6) is 5.75 Å². The fraction of sp³-hybridized carbons (Fsp3) is 0.318. The van der Waals surface area contributed by atoms with Gasteiger partial charge in [-0.2, -0.15) is 0 Å². The number of esters is 1. The molecular weight excluding hydrogens is 358 g/mol. The molecule has 0 aliphatic rings. The molecule has 148 valence electrons. The van der Waals surface area contributed by atoms with Gasteiger partial charge in [0.1, 0.15) is 11.9 Å². The van der Waals surface area contributed by atoms with Gasteiger partial charge in [-0.25, -0.2) is 0 Å². The highest BCUT2D eigenvalue weighted by molar-refractivity contribution is 5.98. The van der Waals surface area contributed by atoms with Crippen molar-refractivity contribution in [1.29, 1.82) is 0 Å². The molecule has 1 N–H and O–H groups in total. The number of Topliss-reactive ketones (excluding diaryl/α,β-unsaturated/α-hetero) is 1. The quantitative estimate of drug-likeness (QED) is 0.547. The molecule has 28 heavy (non-hydrogen) atoms. The van der Waals surface area contributed by atoms with Gasteiger partial charge < -0.3 is 14.8 Å². The number of ether oxygens (including phenoxy) is 2. The number of ketones is 1. The molecular formula is C22H25NO5. The highest BCUT2D eigenvalue weighted by atomic mass is 16.5. The predicted molar refractivity (Wildman–Crippen MR) is 106 cm³/mol. The molecule has 0 aromatic heterocycles. The first-order valence-corrected chi connectivity index (χ1v) is 9.05. The van der Waals surface area contributed by atoms with Crippen LogP contribution in [0.4, 0.5) is 5.69 Å². The number of rotatable bonds is 8. The zero-order chi connectivity index (χ0) is 20.7. The smallest absolute Gasteiger partial charge is 0.309 e. The van der Waals surface area contributed by atoms with Crippen molar-refractivity contribution in [3.8, 4) is 5.75 Å². The molecule has 2 atom stereocenters. The fourth-order valence-electron chi connectivity index (χ4n) is 2.69. The van der Waals surface area contributed by atoms with Gasteiger partial charge in [0.15, 0.2) is 5.78 Å².